The molecule has 75 heavy (non-hydrogen) atoms. The van der Waals surface area contributed by atoms with Crippen LogP contribution in [0.5, 0.6) is 0 Å². The summed E-state index contributed by atoms with van der Waals surface area (Å²) < 4.78 is 0. The number of nitrogens with zero attached hydrogens (tertiary/aromatic N) is 3. The zero-order valence-electron chi connectivity index (χ0n) is 44.7. The lowest BCUT2D eigenvalue weighted by Gasteiger charge is -2.51. The summed E-state index contributed by atoms with van der Waals surface area (Å²) >= 11 is 0. The van der Waals surface area contributed by atoms with E-state index < -0.39 is 0 Å². The number of hydrogen-bond donors (Lipinski definition) is 0. The number of benzene rings is 9. The Morgan fingerprint density at radius 1 is 0.427 bits per heavy atom. The highest BCUT2D eigenvalue weighted by Gasteiger charge is 2.58. The molecule has 0 N–H and O–H groups in total. The molecule has 9 aromatic rings. The van der Waals surface area contributed by atoms with Gasteiger partial charge in [0.25, 0.3) is 6.71 Å². The molecule has 0 amide bonds. The maximum absolute atomic E-state index is 2.81. The quantitative estimate of drug-likeness (QED) is 0.154. The predicted molar refractivity (Wildman–Crippen MR) is 319 cm³/mol. The SMILES string of the molecule is CC1(C)Cc2cc3c(cc2C1)N(c1ccc(C(C)(C)C)cc1-c1ccccc1)c1cc(N2c4ccccc4C4(C)CCCCC24C)cc2c1B3c1ccc(-c3ccccc3)cc1N2c1cccc(-c2ccccc2)c1. The van der Waals surface area contributed by atoms with Crippen molar-refractivity contribution >= 4 is 68.6 Å². The summed E-state index contributed by atoms with van der Waals surface area (Å²) in [7, 11) is 0. The van der Waals surface area contributed by atoms with Crippen LogP contribution < -0.4 is 31.1 Å². The van der Waals surface area contributed by atoms with E-state index in [1.165, 1.54) is 131 Å². The first-order chi connectivity index (χ1) is 36.3. The number of fused-ring (bicyclic) bond motifs is 8. The summed E-state index contributed by atoms with van der Waals surface area (Å²) in [5.41, 5.74) is 27.2. The summed E-state index contributed by atoms with van der Waals surface area (Å²) in [5, 5.41) is 0. The lowest BCUT2D eigenvalue weighted by Crippen LogP contribution is -2.61. The first kappa shape index (κ1) is 46.0. The van der Waals surface area contributed by atoms with Crippen LogP contribution in [0.15, 0.2) is 200 Å². The second kappa shape index (κ2) is 16.7. The number of hydrogen-bond acceptors (Lipinski definition) is 3. The van der Waals surface area contributed by atoms with Crippen molar-refractivity contribution in [3.63, 3.8) is 0 Å². The molecule has 0 radical (unpaired) electrons. The van der Waals surface area contributed by atoms with Gasteiger partial charge in [-0.05, 0) is 164 Å². The van der Waals surface area contributed by atoms with Gasteiger partial charge in [0.15, 0.2) is 0 Å². The second-order valence-corrected chi connectivity index (χ2v) is 24.8. The third kappa shape index (κ3) is 7.08. The van der Waals surface area contributed by atoms with E-state index in [1.54, 1.807) is 0 Å². The van der Waals surface area contributed by atoms with Gasteiger partial charge in [-0.15, -0.1) is 0 Å². The molecule has 2 unspecified atom stereocenters. The van der Waals surface area contributed by atoms with E-state index in [2.05, 4.69) is 263 Å². The Morgan fingerprint density at radius 2 is 1.03 bits per heavy atom. The number of anilines is 8. The van der Waals surface area contributed by atoms with Gasteiger partial charge in [-0.2, -0.15) is 0 Å². The van der Waals surface area contributed by atoms with Gasteiger partial charge in [-0.3, -0.25) is 0 Å². The Kier molecular flexibility index (Phi) is 10.3. The summed E-state index contributed by atoms with van der Waals surface area (Å²) in [4.78, 5) is 8.18. The largest absolute Gasteiger partial charge is 0.334 e. The van der Waals surface area contributed by atoms with E-state index in [0.717, 1.165) is 24.9 Å². The van der Waals surface area contributed by atoms with Crippen molar-refractivity contribution in [1.29, 1.82) is 0 Å². The number of para-hydroxylation sites is 1. The molecule has 3 aliphatic heterocycles. The van der Waals surface area contributed by atoms with Gasteiger partial charge in [0.05, 0.1) is 11.2 Å². The highest BCUT2D eigenvalue weighted by Crippen LogP contribution is 2.62. The van der Waals surface area contributed by atoms with Crippen LogP contribution >= 0.6 is 0 Å². The monoisotopic (exact) mass is 972 g/mol. The molecule has 1 saturated carbocycles. The topological polar surface area (TPSA) is 9.72 Å². The minimum absolute atomic E-state index is 0.0126. The summed E-state index contributed by atoms with van der Waals surface area (Å²) in [5.74, 6) is 0. The smallest absolute Gasteiger partial charge is 0.252 e. The highest BCUT2D eigenvalue weighted by molar-refractivity contribution is 7.00. The first-order valence-corrected chi connectivity index (χ1v) is 27.7. The molecule has 1 fully saturated rings. The average molecular weight is 972 g/mol. The molecule has 14 rings (SSSR count). The van der Waals surface area contributed by atoms with Gasteiger partial charge >= 0.3 is 0 Å². The second-order valence-electron chi connectivity index (χ2n) is 24.8. The molecular formula is C71H66BN3. The fourth-order valence-electron chi connectivity index (χ4n) is 14.6. The van der Waals surface area contributed by atoms with Crippen LogP contribution in [0.1, 0.15) is 96.4 Å². The minimum atomic E-state index is -0.145. The molecule has 0 spiro atoms. The van der Waals surface area contributed by atoms with Crippen LogP contribution in [0.3, 0.4) is 0 Å². The van der Waals surface area contributed by atoms with Gasteiger partial charge in [0.1, 0.15) is 0 Å². The molecule has 0 bridgehead atoms. The van der Waals surface area contributed by atoms with Crippen molar-refractivity contribution in [3.05, 3.63) is 222 Å². The molecule has 3 nitrogen and oxygen atoms in total. The van der Waals surface area contributed by atoms with Crippen molar-refractivity contribution in [2.75, 3.05) is 14.7 Å². The van der Waals surface area contributed by atoms with Crippen LogP contribution in [0.2, 0.25) is 0 Å². The molecule has 0 saturated heterocycles. The zero-order valence-corrected chi connectivity index (χ0v) is 44.7. The van der Waals surface area contributed by atoms with Gasteiger partial charge in [-0.25, -0.2) is 0 Å². The van der Waals surface area contributed by atoms with Crippen molar-refractivity contribution in [1.82, 2.24) is 0 Å². The Bertz CT molecular complexity index is 3740. The van der Waals surface area contributed by atoms with E-state index in [0.29, 0.717) is 0 Å². The molecule has 2 atom stereocenters. The van der Waals surface area contributed by atoms with Crippen LogP contribution in [0.4, 0.5) is 45.5 Å². The van der Waals surface area contributed by atoms with Gasteiger partial charge in [-0.1, -0.05) is 200 Å². The van der Waals surface area contributed by atoms with E-state index >= 15 is 0 Å². The summed E-state index contributed by atoms with van der Waals surface area (Å²) in [6.45, 7) is 17.1. The molecule has 4 heteroatoms. The number of rotatable bonds is 6. The third-order valence-corrected chi connectivity index (χ3v) is 18.5. The van der Waals surface area contributed by atoms with Gasteiger partial charge in [0.2, 0.25) is 0 Å². The van der Waals surface area contributed by atoms with Crippen molar-refractivity contribution in [3.8, 4) is 33.4 Å². The molecule has 368 valence electrons. The molecular weight excluding hydrogens is 906 g/mol. The van der Waals surface area contributed by atoms with Crippen molar-refractivity contribution in [2.24, 2.45) is 5.41 Å². The van der Waals surface area contributed by atoms with Crippen molar-refractivity contribution < 1.29 is 0 Å². The molecule has 0 aromatic heterocycles. The Labute approximate surface area is 445 Å². The van der Waals surface area contributed by atoms with Crippen LogP contribution in [-0.4, -0.2) is 12.3 Å². The molecule has 3 heterocycles. The maximum atomic E-state index is 2.81. The lowest BCUT2D eigenvalue weighted by atomic mass is 9.33. The van der Waals surface area contributed by atoms with Gasteiger partial charge < -0.3 is 14.7 Å². The normalized spacial score (nSPS) is 19.7. The maximum Gasteiger partial charge on any atom is 0.252 e. The Hall–Kier alpha value is -7.56. The third-order valence-electron chi connectivity index (χ3n) is 18.5. The summed E-state index contributed by atoms with van der Waals surface area (Å²) in [6.07, 6.45) is 6.89. The minimum Gasteiger partial charge on any atom is -0.334 e. The van der Waals surface area contributed by atoms with Crippen LogP contribution in [0.25, 0.3) is 33.4 Å². The average Bonchev–Trinajstić information content (AvgIpc) is 3.85. The fraction of sp³-hybridized carbons (Fsp3) is 0.239. The molecule has 9 aromatic carbocycles. The Balaban J connectivity index is 1.13. The first-order valence-electron chi connectivity index (χ1n) is 27.7. The lowest BCUT2D eigenvalue weighted by molar-refractivity contribution is 0.195. The van der Waals surface area contributed by atoms with Crippen LogP contribution in [0, 0.1) is 5.41 Å². The molecule has 5 aliphatic rings. The summed E-state index contributed by atoms with van der Waals surface area (Å²) in [6, 6.07) is 77.0. The van der Waals surface area contributed by atoms with Crippen LogP contribution in [-0.2, 0) is 23.7 Å². The van der Waals surface area contributed by atoms with E-state index in [9.17, 15) is 0 Å². The molecule has 2 aliphatic carbocycles. The van der Waals surface area contributed by atoms with Gasteiger partial charge in [0, 0.05) is 50.8 Å². The van der Waals surface area contributed by atoms with E-state index in [4.69, 9.17) is 0 Å². The Morgan fingerprint density at radius 3 is 1.73 bits per heavy atom. The predicted octanol–water partition coefficient (Wildman–Crippen LogP) is 16.9. The highest BCUT2D eigenvalue weighted by atomic mass is 15.3. The zero-order chi connectivity index (χ0) is 51.0. The van der Waals surface area contributed by atoms with E-state index in [1.807, 2.05) is 0 Å². The van der Waals surface area contributed by atoms with Crippen molar-refractivity contribution in [2.45, 2.75) is 103 Å². The van der Waals surface area contributed by atoms with E-state index in [-0.39, 0.29) is 28.5 Å². The standard InChI is InChI=1S/C71H66BN3/c1-68(2,3)54-33-35-61(57(42-54)49-26-15-10-16-27-49)74-64-41-53-46-69(4,5)45-52(53)39-60(64)72-59-34-32-51(48-24-13-9-14-25-48)40-63(59)73(55-29-21-28-50(38-55)47-22-11-8-12-23-47)65-43-56(44-66(74)67(65)72)75-62-31-18-17-30-58(62)70(6)36-19-20-37-71(70,75)7/h8-18,21-35,38-44H,19-20,36-37,45-46H2,1-7H3. The fourth-order valence-corrected chi connectivity index (χ4v) is 14.6.